The Hall–Kier alpha value is -1.26. The zero-order chi connectivity index (χ0) is 15.6. The molecule has 122 valence electrons. The molecule has 4 heteroatoms. The maximum Gasteiger partial charge on any atom is 0.119 e. The summed E-state index contributed by atoms with van der Waals surface area (Å²) in [5.41, 5.74) is 1.46. The summed E-state index contributed by atoms with van der Waals surface area (Å²) < 4.78 is 5.27. The Morgan fingerprint density at radius 3 is 2.59 bits per heavy atom. The van der Waals surface area contributed by atoms with E-state index in [2.05, 4.69) is 53.2 Å². The van der Waals surface area contributed by atoms with Crippen LogP contribution in [0.5, 0.6) is 5.75 Å². The quantitative estimate of drug-likeness (QED) is 0.923. The number of hydrogen-bond acceptors (Lipinski definition) is 4. The monoisotopic (exact) mass is 303 g/mol. The van der Waals surface area contributed by atoms with Gasteiger partial charge in [-0.05, 0) is 63.5 Å². The first-order chi connectivity index (χ1) is 10.6. The van der Waals surface area contributed by atoms with Gasteiger partial charge < -0.3 is 15.0 Å². The number of rotatable bonds is 4. The first-order valence-corrected chi connectivity index (χ1v) is 8.43. The summed E-state index contributed by atoms with van der Waals surface area (Å²) in [6.07, 6.45) is 1.33. The molecule has 0 spiro atoms. The van der Waals surface area contributed by atoms with Gasteiger partial charge in [-0.15, -0.1) is 0 Å². The third kappa shape index (κ3) is 3.39. The number of nitrogens with one attached hydrogen (secondary N) is 1. The Bertz CT molecular complexity index is 480. The van der Waals surface area contributed by atoms with Crippen molar-refractivity contribution in [3.63, 3.8) is 0 Å². The van der Waals surface area contributed by atoms with Gasteiger partial charge in [-0.2, -0.15) is 0 Å². The fourth-order valence-electron chi connectivity index (χ4n) is 3.89. The summed E-state index contributed by atoms with van der Waals surface area (Å²) in [6.45, 7) is 11.7. The van der Waals surface area contributed by atoms with Gasteiger partial charge in [0.25, 0.3) is 0 Å². The zero-order valence-corrected chi connectivity index (χ0v) is 14.1. The molecule has 0 amide bonds. The van der Waals surface area contributed by atoms with Gasteiger partial charge >= 0.3 is 0 Å². The van der Waals surface area contributed by atoms with Crippen molar-refractivity contribution in [2.45, 2.75) is 25.8 Å². The first-order valence-electron chi connectivity index (χ1n) is 8.43. The van der Waals surface area contributed by atoms with Gasteiger partial charge in [0, 0.05) is 37.4 Å². The molecule has 4 nitrogen and oxygen atoms in total. The second-order valence-corrected chi connectivity index (χ2v) is 7.26. The fourth-order valence-corrected chi connectivity index (χ4v) is 3.89. The second-order valence-electron chi connectivity index (χ2n) is 7.26. The summed E-state index contributed by atoms with van der Waals surface area (Å²) in [5.74, 6) is 1.76. The van der Waals surface area contributed by atoms with Crippen molar-refractivity contribution >= 4 is 5.69 Å². The summed E-state index contributed by atoms with van der Waals surface area (Å²) in [5, 5.41) is 3.48. The lowest BCUT2D eigenvalue weighted by molar-refractivity contribution is 0.162. The van der Waals surface area contributed by atoms with Crippen LogP contribution in [-0.2, 0) is 0 Å². The lowest BCUT2D eigenvalue weighted by Gasteiger charge is -2.49. The minimum absolute atomic E-state index is 0.166. The molecule has 1 atom stereocenters. The van der Waals surface area contributed by atoms with Crippen LogP contribution in [0.2, 0.25) is 0 Å². The highest BCUT2D eigenvalue weighted by molar-refractivity contribution is 5.51. The molecule has 0 unspecified atom stereocenters. The largest absolute Gasteiger partial charge is 0.497 e. The van der Waals surface area contributed by atoms with Gasteiger partial charge in [-0.1, -0.05) is 0 Å². The van der Waals surface area contributed by atoms with Crippen molar-refractivity contribution in [1.29, 1.82) is 0 Å². The van der Waals surface area contributed by atoms with Crippen LogP contribution in [-0.4, -0.2) is 56.8 Å². The molecule has 2 fully saturated rings. The number of benzene rings is 1. The molecule has 0 saturated carbocycles. The Morgan fingerprint density at radius 1 is 1.23 bits per heavy atom. The molecule has 22 heavy (non-hydrogen) atoms. The number of methoxy groups -OCH3 is 1. The maximum absolute atomic E-state index is 5.27. The lowest BCUT2D eigenvalue weighted by Crippen LogP contribution is -2.60. The molecule has 1 aromatic rings. The Kier molecular flexibility index (Phi) is 4.59. The van der Waals surface area contributed by atoms with E-state index < -0.39 is 0 Å². The predicted octanol–water partition coefficient (Wildman–Crippen LogP) is 2.21. The van der Waals surface area contributed by atoms with E-state index in [0.717, 1.165) is 31.3 Å². The molecule has 0 radical (unpaired) electrons. The van der Waals surface area contributed by atoms with E-state index in [0.29, 0.717) is 0 Å². The molecule has 2 saturated heterocycles. The van der Waals surface area contributed by atoms with Crippen molar-refractivity contribution in [2.75, 3.05) is 51.3 Å². The van der Waals surface area contributed by atoms with E-state index in [1.54, 1.807) is 7.11 Å². The number of nitrogens with zero attached hydrogens (tertiary/aromatic N) is 2. The zero-order valence-electron chi connectivity index (χ0n) is 14.1. The van der Waals surface area contributed by atoms with Crippen LogP contribution in [0.3, 0.4) is 0 Å². The van der Waals surface area contributed by atoms with E-state index in [4.69, 9.17) is 4.74 Å². The highest BCUT2D eigenvalue weighted by Gasteiger charge is 2.34. The SMILES string of the molecule is COc1ccc(N2CCN(C[C@H]3CCNC3)CC2(C)C)cc1. The van der Waals surface area contributed by atoms with Crippen LogP contribution >= 0.6 is 0 Å². The first kappa shape index (κ1) is 15.6. The van der Waals surface area contributed by atoms with Crippen molar-refractivity contribution < 1.29 is 4.74 Å². The van der Waals surface area contributed by atoms with Gasteiger partial charge in [-0.3, -0.25) is 4.90 Å². The van der Waals surface area contributed by atoms with Crippen LogP contribution in [0.15, 0.2) is 24.3 Å². The lowest BCUT2D eigenvalue weighted by atomic mass is 9.96. The van der Waals surface area contributed by atoms with Crippen LogP contribution in [0.4, 0.5) is 5.69 Å². The van der Waals surface area contributed by atoms with Crippen LogP contribution in [0.1, 0.15) is 20.3 Å². The molecule has 0 aromatic heterocycles. The minimum atomic E-state index is 0.166. The number of ether oxygens (including phenoxy) is 1. The van der Waals surface area contributed by atoms with E-state index in [-0.39, 0.29) is 5.54 Å². The summed E-state index contributed by atoms with van der Waals surface area (Å²) in [6, 6.07) is 8.47. The van der Waals surface area contributed by atoms with E-state index in [1.165, 1.54) is 31.7 Å². The van der Waals surface area contributed by atoms with E-state index >= 15 is 0 Å². The maximum atomic E-state index is 5.27. The van der Waals surface area contributed by atoms with Crippen molar-refractivity contribution in [3.8, 4) is 5.75 Å². The molecule has 0 aliphatic carbocycles. The average molecular weight is 303 g/mol. The Labute approximate surface area is 134 Å². The molecule has 2 aliphatic rings. The molecular formula is C18H29N3O. The van der Waals surface area contributed by atoms with E-state index in [1.807, 2.05) is 0 Å². The van der Waals surface area contributed by atoms with Gasteiger partial charge in [0.15, 0.2) is 0 Å². The fraction of sp³-hybridized carbons (Fsp3) is 0.667. The third-order valence-corrected chi connectivity index (χ3v) is 5.04. The predicted molar refractivity (Wildman–Crippen MR) is 91.8 cm³/mol. The molecule has 3 rings (SSSR count). The molecule has 1 aromatic carbocycles. The number of hydrogen-bond donors (Lipinski definition) is 1. The Balaban J connectivity index is 1.64. The summed E-state index contributed by atoms with van der Waals surface area (Å²) in [4.78, 5) is 5.19. The highest BCUT2D eigenvalue weighted by Crippen LogP contribution is 2.29. The van der Waals surface area contributed by atoms with Gasteiger partial charge in [0.1, 0.15) is 5.75 Å². The number of anilines is 1. The Morgan fingerprint density at radius 2 is 2.00 bits per heavy atom. The van der Waals surface area contributed by atoms with Crippen molar-refractivity contribution in [3.05, 3.63) is 24.3 Å². The van der Waals surface area contributed by atoms with Crippen molar-refractivity contribution in [2.24, 2.45) is 5.92 Å². The minimum Gasteiger partial charge on any atom is -0.497 e. The van der Waals surface area contributed by atoms with Gasteiger partial charge in [-0.25, -0.2) is 0 Å². The molecule has 2 heterocycles. The second kappa shape index (κ2) is 6.47. The molecular weight excluding hydrogens is 274 g/mol. The smallest absolute Gasteiger partial charge is 0.119 e. The molecule has 0 bridgehead atoms. The number of piperazine rings is 1. The van der Waals surface area contributed by atoms with Crippen molar-refractivity contribution in [1.82, 2.24) is 10.2 Å². The highest BCUT2D eigenvalue weighted by atomic mass is 16.5. The van der Waals surface area contributed by atoms with Crippen LogP contribution in [0.25, 0.3) is 0 Å². The van der Waals surface area contributed by atoms with E-state index in [9.17, 15) is 0 Å². The van der Waals surface area contributed by atoms with Gasteiger partial charge in [0.2, 0.25) is 0 Å². The topological polar surface area (TPSA) is 27.7 Å². The standard InChI is InChI=1S/C18H29N3O/c1-18(2)14-20(13-15-8-9-19-12-15)10-11-21(18)16-4-6-17(22-3)7-5-16/h4-7,15,19H,8-14H2,1-3H3/t15-/m0/s1. The average Bonchev–Trinajstić information content (AvgIpc) is 3.00. The summed E-state index contributed by atoms with van der Waals surface area (Å²) in [7, 11) is 1.72. The third-order valence-electron chi connectivity index (χ3n) is 5.04. The van der Waals surface area contributed by atoms with Crippen LogP contribution in [0, 0.1) is 5.92 Å². The van der Waals surface area contributed by atoms with Crippen LogP contribution < -0.4 is 15.0 Å². The molecule has 1 N–H and O–H groups in total. The van der Waals surface area contributed by atoms with Gasteiger partial charge in [0.05, 0.1) is 7.11 Å². The molecule has 2 aliphatic heterocycles. The normalized spacial score (nSPS) is 25.4. The summed E-state index contributed by atoms with van der Waals surface area (Å²) >= 11 is 0.